The van der Waals surface area contributed by atoms with Gasteiger partial charge in [-0.1, -0.05) is 18.2 Å². The first-order valence-electron chi connectivity index (χ1n) is 11.1. The van der Waals surface area contributed by atoms with Gasteiger partial charge in [-0.05, 0) is 62.1 Å². The molecule has 1 amide bonds. The molecule has 4 rings (SSSR count). The highest BCUT2D eigenvalue weighted by molar-refractivity contribution is 5.94. The number of benzene rings is 2. The largest absolute Gasteiger partial charge is 0.496 e. The number of anilines is 1. The van der Waals surface area contributed by atoms with Crippen molar-refractivity contribution in [3.8, 4) is 5.75 Å². The lowest BCUT2D eigenvalue weighted by molar-refractivity contribution is 0.0563. The number of likely N-dealkylation sites (tertiary alicyclic amines) is 1. The Morgan fingerprint density at radius 1 is 0.967 bits per heavy atom. The summed E-state index contributed by atoms with van der Waals surface area (Å²) >= 11 is 0. The van der Waals surface area contributed by atoms with Crippen molar-refractivity contribution >= 4 is 11.6 Å². The third kappa shape index (κ3) is 4.31. The molecule has 0 radical (unpaired) electrons. The molecular formula is C25H33N3O2. The third-order valence-corrected chi connectivity index (χ3v) is 6.61. The van der Waals surface area contributed by atoms with Crippen LogP contribution in [0.5, 0.6) is 5.75 Å². The molecule has 160 valence electrons. The number of hydrogen-bond acceptors (Lipinski definition) is 4. The predicted octanol–water partition coefficient (Wildman–Crippen LogP) is 3.74. The van der Waals surface area contributed by atoms with Crippen LogP contribution < -0.4 is 9.64 Å². The molecule has 30 heavy (non-hydrogen) atoms. The zero-order chi connectivity index (χ0) is 21.1. The molecule has 0 N–H and O–H groups in total. The minimum absolute atomic E-state index is 0.143. The van der Waals surface area contributed by atoms with Gasteiger partial charge in [-0.15, -0.1) is 0 Å². The number of hydrogen-bond donors (Lipinski definition) is 0. The van der Waals surface area contributed by atoms with E-state index in [0.29, 0.717) is 6.04 Å². The van der Waals surface area contributed by atoms with Crippen molar-refractivity contribution in [3.05, 3.63) is 59.2 Å². The second-order valence-corrected chi connectivity index (χ2v) is 8.54. The van der Waals surface area contributed by atoms with Crippen molar-refractivity contribution in [2.45, 2.75) is 32.7 Å². The van der Waals surface area contributed by atoms with Crippen molar-refractivity contribution in [2.75, 3.05) is 51.3 Å². The number of nitrogens with zero attached hydrogens (tertiary/aromatic N) is 3. The number of carbonyl (C=O) groups is 1. The second-order valence-electron chi connectivity index (χ2n) is 8.54. The molecule has 0 saturated carbocycles. The molecule has 0 aromatic heterocycles. The average molecular weight is 408 g/mol. The molecule has 1 atom stereocenters. The van der Waals surface area contributed by atoms with Crippen LogP contribution in [0.4, 0.5) is 5.69 Å². The van der Waals surface area contributed by atoms with Gasteiger partial charge in [0.1, 0.15) is 5.75 Å². The highest BCUT2D eigenvalue weighted by Gasteiger charge is 2.30. The Morgan fingerprint density at radius 3 is 2.43 bits per heavy atom. The Balaban J connectivity index is 1.37. The van der Waals surface area contributed by atoms with Gasteiger partial charge in [-0.2, -0.15) is 0 Å². The second kappa shape index (κ2) is 9.09. The smallest absolute Gasteiger partial charge is 0.253 e. The summed E-state index contributed by atoms with van der Waals surface area (Å²) in [5, 5.41) is 0. The number of rotatable bonds is 4. The zero-order valence-electron chi connectivity index (χ0n) is 18.4. The average Bonchev–Trinajstić information content (AvgIpc) is 2.79. The van der Waals surface area contributed by atoms with Crippen molar-refractivity contribution in [1.82, 2.24) is 9.80 Å². The summed E-state index contributed by atoms with van der Waals surface area (Å²) in [6.45, 7) is 10.1. The SMILES string of the molecule is COc1ccc(C(=O)N2CCC[C@H](N3CCN(c4ccccc4C)CC3)C2)cc1C. The maximum absolute atomic E-state index is 13.1. The van der Waals surface area contributed by atoms with Crippen LogP contribution >= 0.6 is 0 Å². The lowest BCUT2D eigenvalue weighted by atomic mass is 10.0. The minimum Gasteiger partial charge on any atom is -0.496 e. The minimum atomic E-state index is 0.143. The Morgan fingerprint density at radius 2 is 1.73 bits per heavy atom. The topological polar surface area (TPSA) is 36.0 Å². The Hall–Kier alpha value is -2.53. The first kappa shape index (κ1) is 20.7. The molecule has 5 heteroatoms. The predicted molar refractivity (Wildman–Crippen MR) is 122 cm³/mol. The summed E-state index contributed by atoms with van der Waals surface area (Å²) in [6.07, 6.45) is 2.25. The van der Waals surface area contributed by atoms with E-state index in [1.807, 2.05) is 30.0 Å². The van der Waals surface area contributed by atoms with Crippen molar-refractivity contribution < 1.29 is 9.53 Å². The molecule has 0 spiro atoms. The van der Waals surface area contributed by atoms with E-state index in [0.717, 1.165) is 62.6 Å². The number of ether oxygens (including phenoxy) is 1. The number of carbonyl (C=O) groups excluding carboxylic acids is 1. The van der Waals surface area contributed by atoms with Crippen molar-refractivity contribution in [3.63, 3.8) is 0 Å². The molecule has 2 aliphatic heterocycles. The van der Waals surface area contributed by atoms with E-state index in [1.165, 1.54) is 17.7 Å². The van der Waals surface area contributed by atoms with Gasteiger partial charge in [-0.25, -0.2) is 0 Å². The molecule has 5 nitrogen and oxygen atoms in total. The maximum atomic E-state index is 13.1. The highest BCUT2D eigenvalue weighted by atomic mass is 16.5. The zero-order valence-corrected chi connectivity index (χ0v) is 18.4. The van der Waals surface area contributed by atoms with Crippen LogP contribution in [0.15, 0.2) is 42.5 Å². The van der Waals surface area contributed by atoms with Gasteiger partial charge in [0.15, 0.2) is 0 Å². The lowest BCUT2D eigenvalue weighted by Gasteiger charge is -2.44. The van der Waals surface area contributed by atoms with Crippen LogP contribution in [0.25, 0.3) is 0 Å². The summed E-state index contributed by atoms with van der Waals surface area (Å²) in [7, 11) is 1.66. The van der Waals surface area contributed by atoms with Gasteiger partial charge >= 0.3 is 0 Å². The van der Waals surface area contributed by atoms with Crippen LogP contribution in [0.3, 0.4) is 0 Å². The molecule has 0 unspecified atom stereocenters. The van der Waals surface area contributed by atoms with Gasteiger partial charge in [0.25, 0.3) is 5.91 Å². The normalized spacial score (nSPS) is 20.3. The Labute approximate surface area is 180 Å². The van der Waals surface area contributed by atoms with Crippen LogP contribution in [-0.4, -0.2) is 68.1 Å². The van der Waals surface area contributed by atoms with E-state index in [-0.39, 0.29) is 5.91 Å². The van der Waals surface area contributed by atoms with Crippen molar-refractivity contribution in [1.29, 1.82) is 0 Å². The molecule has 2 aromatic rings. The number of amides is 1. The summed E-state index contributed by atoms with van der Waals surface area (Å²) in [5.41, 5.74) is 4.46. The Bertz CT molecular complexity index is 890. The molecular weight excluding hydrogens is 374 g/mol. The molecule has 2 heterocycles. The number of piperazine rings is 1. The van der Waals surface area contributed by atoms with E-state index >= 15 is 0 Å². The van der Waals surface area contributed by atoms with E-state index in [4.69, 9.17) is 4.74 Å². The molecule has 0 aliphatic carbocycles. The van der Waals surface area contributed by atoms with Gasteiger partial charge in [0, 0.05) is 56.6 Å². The number of aryl methyl sites for hydroxylation is 2. The fraction of sp³-hybridized carbons (Fsp3) is 0.480. The first-order valence-corrected chi connectivity index (χ1v) is 11.1. The summed E-state index contributed by atoms with van der Waals surface area (Å²) < 4.78 is 5.33. The van der Waals surface area contributed by atoms with E-state index in [2.05, 4.69) is 41.0 Å². The van der Waals surface area contributed by atoms with Crippen LogP contribution in [0.1, 0.15) is 34.3 Å². The van der Waals surface area contributed by atoms with E-state index in [1.54, 1.807) is 7.11 Å². The van der Waals surface area contributed by atoms with Gasteiger partial charge in [0.2, 0.25) is 0 Å². The van der Waals surface area contributed by atoms with Gasteiger partial charge in [0.05, 0.1) is 7.11 Å². The molecule has 2 aromatic carbocycles. The number of methoxy groups -OCH3 is 1. The quantitative estimate of drug-likeness (QED) is 0.774. The van der Waals surface area contributed by atoms with E-state index in [9.17, 15) is 4.79 Å². The number of piperidine rings is 1. The monoisotopic (exact) mass is 407 g/mol. The van der Waals surface area contributed by atoms with Crippen molar-refractivity contribution in [2.24, 2.45) is 0 Å². The standard InChI is InChI=1S/C25H33N3O2/c1-19-7-4-5-9-23(19)27-15-13-26(14-16-27)22-8-6-12-28(18-22)25(29)21-10-11-24(30-3)20(2)17-21/h4-5,7,9-11,17,22H,6,8,12-16,18H2,1-3H3/t22-/m0/s1. The van der Waals surface area contributed by atoms with Crippen LogP contribution in [0.2, 0.25) is 0 Å². The van der Waals surface area contributed by atoms with Crippen LogP contribution in [0, 0.1) is 13.8 Å². The van der Waals surface area contributed by atoms with Gasteiger partial charge in [-0.3, -0.25) is 9.69 Å². The first-order chi connectivity index (χ1) is 14.6. The fourth-order valence-electron chi connectivity index (χ4n) is 4.88. The lowest BCUT2D eigenvalue weighted by Crippen LogP contribution is -2.56. The van der Waals surface area contributed by atoms with Crippen LogP contribution in [-0.2, 0) is 0 Å². The maximum Gasteiger partial charge on any atom is 0.253 e. The number of para-hydroxylation sites is 1. The Kier molecular flexibility index (Phi) is 6.28. The van der Waals surface area contributed by atoms with Gasteiger partial charge < -0.3 is 14.5 Å². The van der Waals surface area contributed by atoms with E-state index < -0.39 is 0 Å². The molecule has 2 aliphatic rings. The highest BCUT2D eigenvalue weighted by Crippen LogP contribution is 2.25. The molecule has 2 fully saturated rings. The fourth-order valence-corrected chi connectivity index (χ4v) is 4.88. The summed E-state index contributed by atoms with van der Waals surface area (Å²) in [5.74, 6) is 0.971. The molecule has 2 saturated heterocycles. The molecule has 0 bridgehead atoms. The third-order valence-electron chi connectivity index (χ3n) is 6.61. The summed E-state index contributed by atoms with van der Waals surface area (Å²) in [6, 6.07) is 14.8. The summed E-state index contributed by atoms with van der Waals surface area (Å²) in [4.78, 5) is 20.2.